The number of hydrogen-bond acceptors (Lipinski definition) is 5. The Morgan fingerprint density at radius 2 is 1.67 bits per heavy atom. The van der Waals surface area contributed by atoms with Gasteiger partial charge in [0.2, 0.25) is 0 Å². The van der Waals surface area contributed by atoms with E-state index in [2.05, 4.69) is 19.2 Å². The third kappa shape index (κ3) is 4.73. The van der Waals surface area contributed by atoms with Crippen LogP contribution in [-0.2, 0) is 13.0 Å². The van der Waals surface area contributed by atoms with E-state index in [1.807, 2.05) is 46.7 Å². The molecule has 0 unspecified atom stereocenters. The molecule has 0 spiro atoms. The fraction of sp³-hybridized carbons (Fsp3) is 0.308. The molecule has 1 aliphatic rings. The highest BCUT2D eigenvalue weighted by atomic mass is 32.1. The number of thiophene rings is 1. The summed E-state index contributed by atoms with van der Waals surface area (Å²) in [4.78, 5) is 27.9. The Morgan fingerprint density at radius 1 is 1.00 bits per heavy atom. The van der Waals surface area contributed by atoms with Gasteiger partial charge in [0.05, 0.1) is 19.8 Å². The van der Waals surface area contributed by atoms with Gasteiger partial charge in [-0.15, -0.1) is 11.3 Å². The normalized spacial score (nSPS) is 12.9. The predicted molar refractivity (Wildman–Crippen MR) is 131 cm³/mol. The number of carbonyl (C=O) groups is 2. The van der Waals surface area contributed by atoms with E-state index in [1.165, 1.54) is 16.9 Å². The van der Waals surface area contributed by atoms with Gasteiger partial charge in [-0.05, 0) is 64.7 Å². The summed E-state index contributed by atoms with van der Waals surface area (Å²) < 4.78 is 10.8. The third-order valence-electron chi connectivity index (χ3n) is 5.97. The monoisotopic (exact) mass is 464 g/mol. The molecule has 2 heterocycles. The third-order valence-corrected chi connectivity index (χ3v) is 6.80. The molecule has 2 amide bonds. The van der Waals surface area contributed by atoms with Gasteiger partial charge >= 0.3 is 0 Å². The lowest BCUT2D eigenvalue weighted by Gasteiger charge is -2.29. The van der Waals surface area contributed by atoms with Crippen molar-refractivity contribution in [1.29, 1.82) is 0 Å². The zero-order chi connectivity index (χ0) is 23.5. The molecule has 0 fully saturated rings. The smallest absolute Gasteiger partial charge is 0.257 e. The molecule has 1 N–H and O–H groups in total. The Hall–Kier alpha value is -3.32. The quantitative estimate of drug-likeness (QED) is 0.535. The molecule has 0 atom stereocenters. The molecule has 2 aromatic carbocycles. The van der Waals surface area contributed by atoms with Gasteiger partial charge in [-0.2, -0.15) is 0 Å². The Balaban J connectivity index is 1.49. The Labute approximate surface area is 198 Å². The standard InChI is InChI=1S/C26H28N2O4S/c1-16(2)17-5-7-18(8-6-17)24(29)27-25-21(10-12-33-25)26(30)28-11-9-19-13-22(31-3)23(32-4)14-20(19)15-28/h5-8,10,12-14,16H,9,11,15H2,1-4H3,(H,27,29). The van der Waals surface area contributed by atoms with Crippen molar-refractivity contribution in [3.63, 3.8) is 0 Å². The fourth-order valence-corrected chi connectivity index (χ4v) is 4.77. The second-order valence-corrected chi connectivity index (χ2v) is 9.26. The van der Waals surface area contributed by atoms with Gasteiger partial charge in [0.1, 0.15) is 5.00 Å². The topological polar surface area (TPSA) is 67.9 Å². The van der Waals surface area contributed by atoms with Gasteiger partial charge < -0.3 is 19.7 Å². The summed E-state index contributed by atoms with van der Waals surface area (Å²) in [5.74, 6) is 1.43. The number of ether oxygens (including phenoxy) is 2. The maximum Gasteiger partial charge on any atom is 0.257 e. The number of fused-ring (bicyclic) bond motifs is 1. The van der Waals surface area contributed by atoms with Crippen LogP contribution in [0.5, 0.6) is 11.5 Å². The van der Waals surface area contributed by atoms with Crippen molar-refractivity contribution in [1.82, 2.24) is 4.90 Å². The molecule has 172 valence electrons. The van der Waals surface area contributed by atoms with Crippen LogP contribution in [0.15, 0.2) is 47.8 Å². The van der Waals surface area contributed by atoms with Gasteiger partial charge in [-0.1, -0.05) is 26.0 Å². The molecule has 1 aromatic heterocycles. The van der Waals surface area contributed by atoms with Crippen molar-refractivity contribution in [3.8, 4) is 11.5 Å². The number of carbonyl (C=O) groups excluding carboxylic acids is 2. The molecular weight excluding hydrogens is 436 g/mol. The maximum atomic E-state index is 13.3. The number of methoxy groups -OCH3 is 2. The Morgan fingerprint density at radius 3 is 2.30 bits per heavy atom. The van der Waals surface area contributed by atoms with Crippen LogP contribution in [-0.4, -0.2) is 37.5 Å². The molecule has 1 aliphatic heterocycles. The highest BCUT2D eigenvalue weighted by Gasteiger charge is 2.26. The molecule has 4 rings (SSSR count). The fourth-order valence-electron chi connectivity index (χ4n) is 4.00. The van der Waals surface area contributed by atoms with Crippen molar-refractivity contribution in [3.05, 3.63) is 75.7 Å². The second kappa shape index (κ2) is 9.67. The van der Waals surface area contributed by atoms with E-state index in [0.29, 0.717) is 46.6 Å². The van der Waals surface area contributed by atoms with Crippen molar-refractivity contribution in [2.75, 3.05) is 26.1 Å². The molecule has 7 heteroatoms. The van der Waals surface area contributed by atoms with E-state index in [9.17, 15) is 9.59 Å². The summed E-state index contributed by atoms with van der Waals surface area (Å²) >= 11 is 1.35. The summed E-state index contributed by atoms with van der Waals surface area (Å²) in [7, 11) is 3.22. The highest BCUT2D eigenvalue weighted by Crippen LogP contribution is 2.34. The lowest BCUT2D eigenvalue weighted by molar-refractivity contribution is 0.0736. The van der Waals surface area contributed by atoms with E-state index >= 15 is 0 Å². The number of nitrogens with one attached hydrogen (secondary N) is 1. The molecular formula is C26H28N2O4S. The molecule has 0 bridgehead atoms. The summed E-state index contributed by atoms with van der Waals surface area (Å²) in [5.41, 5.74) is 4.45. The minimum absolute atomic E-state index is 0.0952. The first-order valence-corrected chi connectivity index (χ1v) is 11.8. The molecule has 3 aromatic rings. The minimum Gasteiger partial charge on any atom is -0.493 e. The SMILES string of the molecule is COc1cc2c(cc1OC)CN(C(=O)c1ccsc1NC(=O)c1ccc(C(C)C)cc1)CC2. The van der Waals surface area contributed by atoms with Crippen LogP contribution >= 0.6 is 11.3 Å². The van der Waals surface area contributed by atoms with Crippen LogP contribution < -0.4 is 14.8 Å². The summed E-state index contributed by atoms with van der Waals surface area (Å²) in [6.07, 6.45) is 0.732. The molecule has 6 nitrogen and oxygen atoms in total. The average Bonchev–Trinajstić information content (AvgIpc) is 3.30. The van der Waals surface area contributed by atoms with Crippen LogP contribution in [0, 0.1) is 0 Å². The number of benzene rings is 2. The zero-order valence-electron chi connectivity index (χ0n) is 19.3. The predicted octanol–water partition coefficient (Wildman–Crippen LogP) is 5.34. The number of rotatable bonds is 6. The van der Waals surface area contributed by atoms with E-state index < -0.39 is 0 Å². The lowest BCUT2D eigenvalue weighted by Crippen LogP contribution is -2.36. The van der Waals surface area contributed by atoms with Crippen molar-refractivity contribution in [2.24, 2.45) is 0 Å². The number of nitrogens with zero attached hydrogens (tertiary/aromatic N) is 1. The summed E-state index contributed by atoms with van der Waals surface area (Å²) in [5, 5.41) is 5.32. The van der Waals surface area contributed by atoms with E-state index in [-0.39, 0.29) is 11.8 Å². The van der Waals surface area contributed by atoms with Gasteiger partial charge in [0, 0.05) is 18.7 Å². The van der Waals surface area contributed by atoms with Crippen molar-refractivity contribution >= 4 is 28.2 Å². The summed E-state index contributed by atoms with van der Waals surface area (Å²) in [6.45, 7) is 5.31. The maximum absolute atomic E-state index is 13.3. The van der Waals surface area contributed by atoms with E-state index in [1.54, 1.807) is 20.3 Å². The van der Waals surface area contributed by atoms with Crippen LogP contribution in [0.25, 0.3) is 0 Å². The molecule has 0 radical (unpaired) electrons. The molecule has 0 aliphatic carbocycles. The first kappa shape index (κ1) is 22.9. The van der Waals surface area contributed by atoms with E-state index in [4.69, 9.17) is 9.47 Å². The zero-order valence-corrected chi connectivity index (χ0v) is 20.1. The first-order valence-electron chi connectivity index (χ1n) is 10.9. The van der Waals surface area contributed by atoms with Gasteiger partial charge in [-0.3, -0.25) is 9.59 Å². The second-order valence-electron chi connectivity index (χ2n) is 8.35. The first-order chi connectivity index (χ1) is 15.9. The van der Waals surface area contributed by atoms with Crippen LogP contribution in [0.3, 0.4) is 0 Å². The Bertz CT molecular complexity index is 1170. The van der Waals surface area contributed by atoms with Crippen molar-refractivity contribution < 1.29 is 19.1 Å². The van der Waals surface area contributed by atoms with Crippen molar-refractivity contribution in [2.45, 2.75) is 32.7 Å². The van der Waals surface area contributed by atoms with Gasteiger partial charge in [0.15, 0.2) is 11.5 Å². The minimum atomic E-state index is -0.220. The Kier molecular flexibility index (Phi) is 6.70. The van der Waals surface area contributed by atoms with Crippen LogP contribution in [0.1, 0.15) is 57.2 Å². The summed E-state index contributed by atoms with van der Waals surface area (Å²) in [6, 6.07) is 13.3. The van der Waals surface area contributed by atoms with Crippen LogP contribution in [0.4, 0.5) is 5.00 Å². The largest absolute Gasteiger partial charge is 0.493 e. The van der Waals surface area contributed by atoms with E-state index in [0.717, 1.165) is 17.5 Å². The van der Waals surface area contributed by atoms with Gasteiger partial charge in [0.25, 0.3) is 11.8 Å². The number of anilines is 1. The highest BCUT2D eigenvalue weighted by molar-refractivity contribution is 7.14. The van der Waals surface area contributed by atoms with Gasteiger partial charge in [-0.25, -0.2) is 0 Å². The molecule has 33 heavy (non-hydrogen) atoms. The molecule has 0 saturated heterocycles. The number of hydrogen-bond donors (Lipinski definition) is 1. The average molecular weight is 465 g/mol. The number of amides is 2. The lowest BCUT2D eigenvalue weighted by atomic mass is 9.98. The molecule has 0 saturated carbocycles. The van der Waals surface area contributed by atoms with Crippen LogP contribution in [0.2, 0.25) is 0 Å².